The number of hydrogen-bond acceptors (Lipinski definition) is 2. The van der Waals surface area contributed by atoms with E-state index in [2.05, 4.69) is 26.6 Å². The molecule has 0 spiro atoms. The Bertz CT molecular complexity index is 640. The van der Waals surface area contributed by atoms with Gasteiger partial charge in [-0.25, -0.2) is 0 Å². The molecular formula is C15H13BrN2O. The van der Waals surface area contributed by atoms with Gasteiger partial charge >= 0.3 is 0 Å². The third kappa shape index (κ3) is 2.49. The number of nitrogens with one attached hydrogen (secondary N) is 2. The number of rotatable bonds is 2. The second-order valence-corrected chi connectivity index (χ2v) is 5.34. The standard InChI is InChI=1S/C15H13BrN2O/c16-12-3-1-2-4-13(12)18-15(19)11-6-5-10-7-8-17-14(10)9-11/h1-6,9,17H,7-8H2,(H,18,19). The predicted octanol–water partition coefficient (Wildman–Crippen LogP) is 3.67. The van der Waals surface area contributed by atoms with E-state index < -0.39 is 0 Å². The van der Waals surface area contributed by atoms with Crippen molar-refractivity contribution in [3.05, 3.63) is 58.1 Å². The molecule has 1 heterocycles. The zero-order valence-corrected chi connectivity index (χ0v) is 11.8. The third-order valence-corrected chi connectivity index (χ3v) is 3.90. The molecule has 0 radical (unpaired) electrons. The summed E-state index contributed by atoms with van der Waals surface area (Å²) in [5, 5.41) is 6.19. The van der Waals surface area contributed by atoms with Gasteiger partial charge in [-0.2, -0.15) is 0 Å². The number of amides is 1. The molecule has 3 rings (SSSR count). The average Bonchev–Trinajstić information content (AvgIpc) is 2.88. The van der Waals surface area contributed by atoms with Gasteiger partial charge in [0.15, 0.2) is 0 Å². The van der Waals surface area contributed by atoms with Crippen LogP contribution in [-0.2, 0) is 6.42 Å². The van der Waals surface area contributed by atoms with E-state index in [0.29, 0.717) is 5.56 Å². The highest BCUT2D eigenvalue weighted by Crippen LogP contribution is 2.25. The number of halogens is 1. The highest BCUT2D eigenvalue weighted by Gasteiger charge is 2.14. The molecule has 2 N–H and O–H groups in total. The minimum atomic E-state index is -0.0941. The highest BCUT2D eigenvalue weighted by atomic mass is 79.9. The highest BCUT2D eigenvalue weighted by molar-refractivity contribution is 9.10. The number of benzene rings is 2. The van der Waals surface area contributed by atoms with Crippen LogP contribution in [0, 0.1) is 0 Å². The van der Waals surface area contributed by atoms with E-state index in [1.165, 1.54) is 5.56 Å². The second-order valence-electron chi connectivity index (χ2n) is 4.48. The summed E-state index contributed by atoms with van der Waals surface area (Å²) in [7, 11) is 0. The SMILES string of the molecule is O=C(Nc1ccccc1Br)c1ccc2c(c1)NCC2. The molecule has 1 aliphatic rings. The van der Waals surface area contributed by atoms with Gasteiger partial charge in [-0.3, -0.25) is 4.79 Å². The molecule has 0 atom stereocenters. The molecule has 96 valence electrons. The molecule has 0 aliphatic carbocycles. The van der Waals surface area contributed by atoms with Gasteiger partial charge < -0.3 is 10.6 Å². The summed E-state index contributed by atoms with van der Waals surface area (Å²) in [4.78, 5) is 12.2. The monoisotopic (exact) mass is 316 g/mol. The van der Waals surface area contributed by atoms with E-state index in [4.69, 9.17) is 0 Å². The minimum absolute atomic E-state index is 0.0941. The normalized spacial score (nSPS) is 12.7. The van der Waals surface area contributed by atoms with E-state index >= 15 is 0 Å². The van der Waals surface area contributed by atoms with Crippen LogP contribution in [0.1, 0.15) is 15.9 Å². The summed E-state index contributed by atoms with van der Waals surface area (Å²) in [5.74, 6) is -0.0941. The zero-order valence-electron chi connectivity index (χ0n) is 10.2. The number of carbonyl (C=O) groups excluding carboxylic acids is 1. The zero-order chi connectivity index (χ0) is 13.2. The fourth-order valence-corrected chi connectivity index (χ4v) is 2.57. The van der Waals surface area contributed by atoms with E-state index in [-0.39, 0.29) is 5.91 Å². The quantitative estimate of drug-likeness (QED) is 0.887. The van der Waals surface area contributed by atoms with E-state index in [0.717, 1.165) is 28.8 Å². The van der Waals surface area contributed by atoms with Crippen LogP contribution >= 0.6 is 15.9 Å². The molecule has 0 bridgehead atoms. The first-order valence-electron chi connectivity index (χ1n) is 6.17. The van der Waals surface area contributed by atoms with Crippen LogP contribution in [0.4, 0.5) is 11.4 Å². The maximum atomic E-state index is 12.2. The molecule has 19 heavy (non-hydrogen) atoms. The Morgan fingerprint density at radius 3 is 2.89 bits per heavy atom. The summed E-state index contributed by atoms with van der Waals surface area (Å²) >= 11 is 3.42. The fraction of sp³-hybridized carbons (Fsp3) is 0.133. The Morgan fingerprint density at radius 2 is 2.05 bits per heavy atom. The van der Waals surface area contributed by atoms with Gasteiger partial charge in [-0.15, -0.1) is 0 Å². The van der Waals surface area contributed by atoms with Gasteiger partial charge in [-0.1, -0.05) is 18.2 Å². The lowest BCUT2D eigenvalue weighted by molar-refractivity contribution is 0.102. The first kappa shape index (κ1) is 12.2. The van der Waals surface area contributed by atoms with Gasteiger partial charge in [0, 0.05) is 22.3 Å². The maximum absolute atomic E-state index is 12.2. The van der Waals surface area contributed by atoms with Gasteiger partial charge in [0.1, 0.15) is 0 Å². The van der Waals surface area contributed by atoms with Crippen LogP contribution in [-0.4, -0.2) is 12.5 Å². The Labute approximate surface area is 120 Å². The van der Waals surface area contributed by atoms with Crippen LogP contribution in [0.5, 0.6) is 0 Å². The Morgan fingerprint density at radius 1 is 1.21 bits per heavy atom. The van der Waals surface area contributed by atoms with Crippen LogP contribution in [0.15, 0.2) is 46.9 Å². The Balaban J connectivity index is 1.83. The van der Waals surface area contributed by atoms with Crippen LogP contribution in [0.3, 0.4) is 0 Å². The third-order valence-electron chi connectivity index (χ3n) is 3.20. The molecule has 0 saturated heterocycles. The number of hydrogen-bond donors (Lipinski definition) is 2. The number of para-hydroxylation sites is 1. The summed E-state index contributed by atoms with van der Waals surface area (Å²) in [5.41, 5.74) is 3.79. The second kappa shape index (κ2) is 5.05. The summed E-state index contributed by atoms with van der Waals surface area (Å²) in [6.45, 7) is 0.949. The van der Waals surface area contributed by atoms with Crippen LogP contribution < -0.4 is 10.6 Å². The summed E-state index contributed by atoms with van der Waals surface area (Å²) in [6, 6.07) is 13.4. The van der Waals surface area contributed by atoms with Gasteiger partial charge in [0.2, 0.25) is 0 Å². The average molecular weight is 317 g/mol. The molecule has 1 amide bonds. The Kier molecular flexibility index (Phi) is 3.25. The molecule has 0 unspecified atom stereocenters. The van der Waals surface area contributed by atoms with Crippen molar-refractivity contribution in [2.75, 3.05) is 17.2 Å². The van der Waals surface area contributed by atoms with Crippen molar-refractivity contribution < 1.29 is 4.79 Å². The molecule has 2 aromatic carbocycles. The molecule has 0 aromatic heterocycles. The molecule has 0 saturated carbocycles. The van der Waals surface area contributed by atoms with Crippen LogP contribution in [0.25, 0.3) is 0 Å². The number of carbonyl (C=O) groups is 1. The molecule has 2 aromatic rings. The van der Waals surface area contributed by atoms with Crippen molar-refractivity contribution in [3.63, 3.8) is 0 Å². The smallest absolute Gasteiger partial charge is 0.255 e. The summed E-state index contributed by atoms with van der Waals surface area (Å²) in [6.07, 6.45) is 1.03. The van der Waals surface area contributed by atoms with E-state index in [9.17, 15) is 4.79 Å². The lowest BCUT2D eigenvalue weighted by atomic mass is 10.1. The lowest BCUT2D eigenvalue weighted by Crippen LogP contribution is -2.12. The van der Waals surface area contributed by atoms with E-state index in [1.54, 1.807) is 0 Å². The van der Waals surface area contributed by atoms with Gasteiger partial charge in [0.25, 0.3) is 5.91 Å². The molecule has 0 fully saturated rings. The van der Waals surface area contributed by atoms with Crippen molar-refractivity contribution >= 4 is 33.2 Å². The Hall–Kier alpha value is -1.81. The predicted molar refractivity (Wildman–Crippen MR) is 80.7 cm³/mol. The van der Waals surface area contributed by atoms with Crippen molar-refractivity contribution in [2.24, 2.45) is 0 Å². The van der Waals surface area contributed by atoms with Crippen molar-refractivity contribution in [1.29, 1.82) is 0 Å². The van der Waals surface area contributed by atoms with Crippen molar-refractivity contribution in [1.82, 2.24) is 0 Å². The minimum Gasteiger partial charge on any atom is -0.384 e. The lowest BCUT2D eigenvalue weighted by Gasteiger charge is -2.08. The van der Waals surface area contributed by atoms with Gasteiger partial charge in [0.05, 0.1) is 5.69 Å². The largest absolute Gasteiger partial charge is 0.384 e. The van der Waals surface area contributed by atoms with Crippen LogP contribution in [0.2, 0.25) is 0 Å². The van der Waals surface area contributed by atoms with Gasteiger partial charge in [-0.05, 0) is 52.2 Å². The maximum Gasteiger partial charge on any atom is 0.255 e. The molecule has 3 nitrogen and oxygen atoms in total. The summed E-state index contributed by atoms with van der Waals surface area (Å²) < 4.78 is 0.877. The topological polar surface area (TPSA) is 41.1 Å². The number of anilines is 2. The fourth-order valence-electron chi connectivity index (χ4n) is 2.19. The molecular weight excluding hydrogens is 304 g/mol. The first-order valence-corrected chi connectivity index (χ1v) is 6.96. The van der Waals surface area contributed by atoms with Crippen molar-refractivity contribution in [3.8, 4) is 0 Å². The van der Waals surface area contributed by atoms with Crippen molar-refractivity contribution in [2.45, 2.75) is 6.42 Å². The molecule has 4 heteroatoms. The van der Waals surface area contributed by atoms with E-state index in [1.807, 2.05) is 42.5 Å². The number of fused-ring (bicyclic) bond motifs is 1. The molecule has 1 aliphatic heterocycles. The first-order chi connectivity index (χ1) is 9.24.